The number of aryl methyl sites for hydroxylation is 1. The van der Waals surface area contributed by atoms with Crippen molar-refractivity contribution >= 4 is 21.2 Å². The number of sulfonamides is 1. The average molecular weight is 394 g/mol. The molecule has 3 aromatic rings. The first-order valence-electron chi connectivity index (χ1n) is 8.16. The second-order valence-corrected chi connectivity index (χ2v) is 8.17. The third-order valence-electron chi connectivity index (χ3n) is 4.78. The molecule has 142 valence electrons. The molecule has 0 spiro atoms. The van der Waals surface area contributed by atoms with Gasteiger partial charge in [-0.05, 0) is 18.9 Å². The first-order valence-corrected chi connectivity index (χ1v) is 9.60. The first-order chi connectivity index (χ1) is 12.8. The van der Waals surface area contributed by atoms with Crippen molar-refractivity contribution in [3.63, 3.8) is 0 Å². The minimum atomic E-state index is -3.71. The molecule has 11 heteroatoms. The molecule has 8 nitrogen and oxygen atoms in total. The summed E-state index contributed by atoms with van der Waals surface area (Å²) in [5.41, 5.74) is 0.928. The third kappa shape index (κ3) is 2.73. The molecule has 0 amide bonds. The van der Waals surface area contributed by atoms with E-state index in [0.717, 1.165) is 10.8 Å². The second-order valence-electron chi connectivity index (χ2n) is 6.26. The minimum Gasteiger partial charge on any atom is -0.272 e. The number of fused-ring (bicyclic) bond motifs is 1. The van der Waals surface area contributed by atoms with Crippen LogP contribution in [0.3, 0.4) is 0 Å². The van der Waals surface area contributed by atoms with E-state index in [0.29, 0.717) is 11.3 Å². The molecule has 0 unspecified atom stereocenters. The fourth-order valence-corrected chi connectivity index (χ4v) is 4.67. The Labute approximate surface area is 153 Å². The maximum atomic E-state index is 14.4. The largest absolute Gasteiger partial charge is 0.272 e. The lowest BCUT2D eigenvalue weighted by atomic mass is 10.0. The van der Waals surface area contributed by atoms with Crippen LogP contribution in [0, 0.1) is 18.6 Å². The maximum Gasteiger partial charge on any atom is 0.246 e. The van der Waals surface area contributed by atoms with E-state index in [1.807, 2.05) is 0 Å². The Morgan fingerprint density at radius 3 is 2.59 bits per heavy atom. The van der Waals surface area contributed by atoms with E-state index in [-0.39, 0.29) is 35.6 Å². The van der Waals surface area contributed by atoms with Crippen molar-refractivity contribution in [2.24, 2.45) is 7.05 Å². The molecule has 0 saturated carbocycles. The molecular formula is C16H16F2N6O2S. The predicted octanol–water partition coefficient (Wildman–Crippen LogP) is 1.53. The molecule has 3 aromatic heterocycles. The van der Waals surface area contributed by atoms with Crippen LogP contribution in [0.15, 0.2) is 29.7 Å². The summed E-state index contributed by atoms with van der Waals surface area (Å²) >= 11 is 0. The Balaban J connectivity index is 1.66. The summed E-state index contributed by atoms with van der Waals surface area (Å²) in [6.07, 6.45) is 5.66. The molecule has 0 bridgehead atoms. The number of hydrogen-bond donors (Lipinski definition) is 0. The van der Waals surface area contributed by atoms with Gasteiger partial charge in [-0.2, -0.15) is 18.9 Å². The van der Waals surface area contributed by atoms with Crippen molar-refractivity contribution in [1.29, 1.82) is 0 Å². The summed E-state index contributed by atoms with van der Waals surface area (Å²) in [4.78, 5) is 3.82. The van der Waals surface area contributed by atoms with Gasteiger partial charge in [0.25, 0.3) is 0 Å². The van der Waals surface area contributed by atoms with Crippen LogP contribution in [0.1, 0.15) is 17.7 Å². The Bertz CT molecular complexity index is 1180. The number of pyridine rings is 1. The van der Waals surface area contributed by atoms with Gasteiger partial charge in [0.15, 0.2) is 11.5 Å². The van der Waals surface area contributed by atoms with E-state index in [9.17, 15) is 17.2 Å². The van der Waals surface area contributed by atoms with Gasteiger partial charge in [-0.25, -0.2) is 22.3 Å². The highest BCUT2D eigenvalue weighted by Gasteiger charge is 2.30. The summed E-state index contributed by atoms with van der Waals surface area (Å²) in [6.45, 7) is 1.89. The lowest BCUT2D eigenvalue weighted by Gasteiger charge is -2.26. The lowest BCUT2D eigenvalue weighted by molar-refractivity contribution is 0.439. The number of rotatable bonds is 3. The van der Waals surface area contributed by atoms with E-state index in [1.165, 1.54) is 21.4 Å². The van der Waals surface area contributed by atoms with Crippen LogP contribution in [-0.4, -0.2) is 50.2 Å². The zero-order valence-corrected chi connectivity index (χ0v) is 15.4. The molecule has 0 aliphatic carbocycles. The first kappa shape index (κ1) is 17.7. The number of nitrogens with zero attached hydrogens (tertiary/aromatic N) is 6. The Hall–Kier alpha value is -2.66. The average Bonchev–Trinajstić information content (AvgIpc) is 3.26. The second kappa shape index (κ2) is 6.20. The monoisotopic (exact) mass is 394 g/mol. The summed E-state index contributed by atoms with van der Waals surface area (Å²) in [5.74, 6) is -2.09. The molecule has 1 aliphatic rings. The minimum absolute atomic E-state index is 0.0557. The SMILES string of the molecule is Cc1c(S(=O)(=O)N2CC=C(c3cn4ncnc4c(F)c3F)CC2)cnn1C. The van der Waals surface area contributed by atoms with Gasteiger partial charge in [-0.1, -0.05) is 6.08 Å². The summed E-state index contributed by atoms with van der Waals surface area (Å²) in [7, 11) is -2.04. The maximum absolute atomic E-state index is 14.4. The normalized spacial score (nSPS) is 16.1. The highest BCUT2D eigenvalue weighted by molar-refractivity contribution is 7.89. The van der Waals surface area contributed by atoms with E-state index in [1.54, 1.807) is 20.0 Å². The van der Waals surface area contributed by atoms with Crippen molar-refractivity contribution in [3.8, 4) is 0 Å². The van der Waals surface area contributed by atoms with Crippen molar-refractivity contribution < 1.29 is 17.2 Å². The lowest BCUT2D eigenvalue weighted by Crippen LogP contribution is -2.35. The molecule has 0 N–H and O–H groups in total. The zero-order chi connectivity index (χ0) is 19.3. The van der Waals surface area contributed by atoms with Crippen molar-refractivity contribution in [3.05, 3.63) is 47.7 Å². The smallest absolute Gasteiger partial charge is 0.246 e. The molecule has 0 fully saturated rings. The van der Waals surface area contributed by atoms with Gasteiger partial charge >= 0.3 is 0 Å². The van der Waals surface area contributed by atoms with Crippen molar-refractivity contribution in [1.82, 2.24) is 28.7 Å². The fraction of sp³-hybridized carbons (Fsp3) is 0.312. The van der Waals surface area contributed by atoms with Gasteiger partial charge in [0.2, 0.25) is 15.8 Å². The molecule has 0 aromatic carbocycles. The van der Waals surface area contributed by atoms with E-state index >= 15 is 0 Å². The molecule has 4 heterocycles. The van der Waals surface area contributed by atoms with Crippen LogP contribution in [0.4, 0.5) is 8.78 Å². The standard InChI is InChI=1S/C16H16F2N6O2S/c1-10-13(7-20-22(10)2)27(25,26)23-5-3-11(4-6-23)12-8-24-16(19-9-21-24)15(18)14(12)17/h3,7-9H,4-6H2,1-2H3. The molecular weight excluding hydrogens is 378 g/mol. The quantitative estimate of drug-likeness (QED) is 0.673. The van der Waals surface area contributed by atoms with E-state index in [4.69, 9.17) is 0 Å². The summed E-state index contributed by atoms with van der Waals surface area (Å²) in [6, 6.07) is 0. The topological polar surface area (TPSA) is 85.4 Å². The highest BCUT2D eigenvalue weighted by atomic mass is 32.2. The number of halogens is 2. The highest BCUT2D eigenvalue weighted by Crippen LogP contribution is 2.29. The zero-order valence-electron chi connectivity index (χ0n) is 14.6. The van der Waals surface area contributed by atoms with Crippen LogP contribution in [-0.2, 0) is 17.1 Å². The Morgan fingerprint density at radius 2 is 1.96 bits per heavy atom. The van der Waals surface area contributed by atoms with Gasteiger partial charge in [0.1, 0.15) is 11.2 Å². The van der Waals surface area contributed by atoms with Crippen LogP contribution in [0.2, 0.25) is 0 Å². The third-order valence-corrected chi connectivity index (χ3v) is 6.74. The predicted molar refractivity (Wildman–Crippen MR) is 92.2 cm³/mol. The molecule has 0 atom stereocenters. The van der Waals surface area contributed by atoms with Crippen LogP contribution < -0.4 is 0 Å². The fourth-order valence-electron chi connectivity index (χ4n) is 3.11. The molecule has 4 rings (SSSR count). The summed E-state index contributed by atoms with van der Waals surface area (Å²) in [5, 5.41) is 7.81. The van der Waals surface area contributed by atoms with Crippen molar-refractivity contribution in [2.75, 3.05) is 13.1 Å². The van der Waals surface area contributed by atoms with Gasteiger partial charge in [0, 0.05) is 31.9 Å². The van der Waals surface area contributed by atoms with Crippen LogP contribution in [0.5, 0.6) is 0 Å². The molecule has 27 heavy (non-hydrogen) atoms. The van der Waals surface area contributed by atoms with E-state index in [2.05, 4.69) is 15.2 Å². The van der Waals surface area contributed by atoms with Crippen molar-refractivity contribution in [2.45, 2.75) is 18.2 Å². The molecule has 1 aliphatic heterocycles. The van der Waals surface area contributed by atoms with Gasteiger partial charge < -0.3 is 0 Å². The van der Waals surface area contributed by atoms with Crippen LogP contribution >= 0.6 is 0 Å². The van der Waals surface area contributed by atoms with Gasteiger partial charge in [0.05, 0.1) is 11.9 Å². The van der Waals surface area contributed by atoms with Crippen LogP contribution in [0.25, 0.3) is 11.2 Å². The van der Waals surface area contributed by atoms with Gasteiger partial charge in [-0.3, -0.25) is 4.68 Å². The van der Waals surface area contributed by atoms with Gasteiger partial charge in [-0.15, -0.1) is 0 Å². The Kier molecular flexibility index (Phi) is 4.07. The molecule has 0 radical (unpaired) electrons. The Morgan fingerprint density at radius 1 is 1.19 bits per heavy atom. The number of hydrogen-bond acceptors (Lipinski definition) is 5. The number of aromatic nitrogens is 5. The van der Waals surface area contributed by atoms with E-state index < -0.39 is 21.7 Å². The molecule has 0 saturated heterocycles. The summed E-state index contributed by atoms with van der Waals surface area (Å²) < 4.78 is 58.1.